The zero-order valence-electron chi connectivity index (χ0n) is 15.3. The minimum atomic E-state index is -1.15. The van der Waals surface area contributed by atoms with E-state index in [0.717, 1.165) is 24.8 Å². The van der Waals surface area contributed by atoms with Crippen LogP contribution in [-0.4, -0.2) is 37.8 Å². The molecule has 0 amide bonds. The number of hydrogen-bond donors (Lipinski definition) is 4. The summed E-state index contributed by atoms with van der Waals surface area (Å²) in [6.07, 6.45) is 1.92. The Hall–Kier alpha value is -3.30. The molecule has 1 aliphatic carbocycles. The molecule has 5 rings (SSSR count). The lowest BCUT2D eigenvalue weighted by molar-refractivity contribution is -0.139. The maximum atomic E-state index is 14.4. The molecule has 8 nitrogen and oxygen atoms in total. The van der Waals surface area contributed by atoms with Crippen LogP contribution in [0.5, 0.6) is 0 Å². The van der Waals surface area contributed by atoms with Crippen molar-refractivity contribution in [2.75, 3.05) is 5.32 Å². The summed E-state index contributed by atoms with van der Waals surface area (Å²) in [4.78, 5) is 19.5. The Bertz CT molecular complexity index is 1260. The second kappa shape index (κ2) is 6.94. The van der Waals surface area contributed by atoms with Gasteiger partial charge in [0.2, 0.25) is 12.4 Å². The number of imidazole rings is 1. The zero-order valence-corrected chi connectivity index (χ0v) is 15.3. The Morgan fingerprint density at radius 3 is 2.93 bits per heavy atom. The minimum Gasteiger partial charge on any atom is -0.351 e. The number of aromatic amines is 2. The highest BCUT2D eigenvalue weighted by molar-refractivity contribution is 5.96. The van der Waals surface area contributed by atoms with Crippen LogP contribution in [0.25, 0.3) is 33.1 Å². The molecule has 1 aliphatic rings. The normalized spacial score (nSPS) is 15.5. The van der Waals surface area contributed by atoms with Gasteiger partial charge < -0.3 is 20.1 Å². The van der Waals surface area contributed by atoms with Crippen LogP contribution in [0.1, 0.15) is 19.3 Å². The van der Waals surface area contributed by atoms with E-state index in [-0.39, 0.29) is 16.9 Å². The van der Waals surface area contributed by atoms with Crippen LogP contribution >= 0.6 is 0 Å². The third-order valence-electron chi connectivity index (χ3n) is 5.15. The van der Waals surface area contributed by atoms with Gasteiger partial charge in [-0.15, -0.1) is 0 Å². The summed E-state index contributed by atoms with van der Waals surface area (Å²) in [5, 5.41) is 19.6. The first kappa shape index (κ1) is 17.8. The number of aliphatic hydroxyl groups is 1. The van der Waals surface area contributed by atoms with Gasteiger partial charge in [0.1, 0.15) is 11.5 Å². The van der Waals surface area contributed by atoms with Crippen LogP contribution in [0.15, 0.2) is 41.2 Å². The number of aromatic nitrogens is 4. The first-order chi connectivity index (χ1) is 14.1. The summed E-state index contributed by atoms with van der Waals surface area (Å²) in [7, 11) is 0. The van der Waals surface area contributed by atoms with Crippen molar-refractivity contribution in [3.63, 3.8) is 0 Å². The lowest BCUT2D eigenvalue weighted by atomic mass is 9.96. The van der Waals surface area contributed by atoms with Crippen LogP contribution in [-0.2, 0) is 4.74 Å². The number of anilines is 1. The van der Waals surface area contributed by atoms with Crippen LogP contribution < -0.4 is 10.9 Å². The number of aliphatic hydroxyl groups excluding tert-OH is 1. The molecule has 29 heavy (non-hydrogen) atoms. The summed E-state index contributed by atoms with van der Waals surface area (Å²) >= 11 is 0. The largest absolute Gasteiger partial charge is 0.351 e. The summed E-state index contributed by atoms with van der Waals surface area (Å²) in [6, 6.07) is 9.62. The van der Waals surface area contributed by atoms with Crippen LogP contribution in [0.2, 0.25) is 0 Å². The average molecular weight is 395 g/mol. The Morgan fingerprint density at radius 2 is 2.14 bits per heavy atom. The number of ether oxygens (including phenoxy) is 1. The number of hydrogen-bond acceptors (Lipinski definition) is 6. The second-order valence-electron chi connectivity index (χ2n) is 7.07. The van der Waals surface area contributed by atoms with Crippen molar-refractivity contribution in [3.8, 4) is 11.3 Å². The maximum absolute atomic E-state index is 14.4. The number of fused-ring (bicyclic) bond motifs is 2. The molecule has 4 N–H and O–H groups in total. The lowest BCUT2D eigenvalue weighted by Gasteiger charge is -2.28. The predicted molar refractivity (Wildman–Crippen MR) is 106 cm³/mol. The Morgan fingerprint density at radius 1 is 1.28 bits per heavy atom. The zero-order chi connectivity index (χ0) is 20.0. The molecule has 0 bridgehead atoms. The molecule has 1 unspecified atom stereocenters. The van der Waals surface area contributed by atoms with E-state index in [1.165, 1.54) is 12.1 Å². The van der Waals surface area contributed by atoms with Gasteiger partial charge in [-0.1, -0.05) is 12.1 Å². The smallest absolute Gasteiger partial charge is 0.272 e. The molecule has 148 valence electrons. The van der Waals surface area contributed by atoms with Crippen molar-refractivity contribution >= 4 is 27.8 Å². The van der Waals surface area contributed by atoms with E-state index in [9.17, 15) is 14.3 Å². The topological polar surface area (TPSA) is 116 Å². The van der Waals surface area contributed by atoms with Gasteiger partial charge in [0.15, 0.2) is 0 Å². The fraction of sp³-hybridized carbons (Fsp3) is 0.250. The highest BCUT2D eigenvalue weighted by Crippen LogP contribution is 2.29. The first-order valence-corrected chi connectivity index (χ1v) is 9.35. The van der Waals surface area contributed by atoms with Crippen molar-refractivity contribution in [2.45, 2.75) is 31.8 Å². The molecule has 1 atom stereocenters. The van der Waals surface area contributed by atoms with Crippen molar-refractivity contribution < 1.29 is 14.2 Å². The van der Waals surface area contributed by atoms with E-state index in [4.69, 9.17) is 4.74 Å². The molecular weight excluding hydrogens is 377 g/mol. The van der Waals surface area contributed by atoms with Crippen molar-refractivity contribution in [1.82, 2.24) is 20.2 Å². The number of H-pyrrole nitrogens is 2. The van der Waals surface area contributed by atoms with Gasteiger partial charge in [-0.2, -0.15) is 5.10 Å². The van der Waals surface area contributed by atoms with E-state index < -0.39 is 17.8 Å². The molecule has 2 aromatic heterocycles. The molecule has 1 saturated carbocycles. The molecule has 0 radical (unpaired) electrons. The van der Waals surface area contributed by atoms with Gasteiger partial charge in [-0.25, -0.2) is 14.5 Å². The first-order valence-electron chi connectivity index (χ1n) is 9.35. The molecule has 9 heteroatoms. The van der Waals surface area contributed by atoms with Gasteiger partial charge >= 0.3 is 0 Å². The van der Waals surface area contributed by atoms with E-state index >= 15 is 0 Å². The molecular formula is C20H18FN5O3. The van der Waals surface area contributed by atoms with E-state index in [0.29, 0.717) is 22.7 Å². The van der Waals surface area contributed by atoms with E-state index in [1.807, 2.05) is 0 Å². The molecule has 0 saturated heterocycles. The van der Waals surface area contributed by atoms with E-state index in [1.54, 1.807) is 24.3 Å². The maximum Gasteiger partial charge on any atom is 0.272 e. The molecule has 0 spiro atoms. The second-order valence-corrected chi connectivity index (χ2v) is 7.07. The van der Waals surface area contributed by atoms with Crippen molar-refractivity contribution in [1.29, 1.82) is 0 Å². The predicted octanol–water partition coefficient (Wildman–Crippen LogP) is 2.86. The van der Waals surface area contributed by atoms with Crippen LogP contribution in [0.4, 0.5) is 10.3 Å². The summed E-state index contributed by atoms with van der Waals surface area (Å²) in [5.41, 5.74) is 1.80. The van der Waals surface area contributed by atoms with Crippen molar-refractivity contribution in [2.24, 2.45) is 0 Å². The van der Waals surface area contributed by atoms with E-state index in [2.05, 4.69) is 25.5 Å². The molecule has 0 aliphatic heterocycles. The highest BCUT2D eigenvalue weighted by atomic mass is 19.1. The monoisotopic (exact) mass is 395 g/mol. The standard InChI is InChI=1S/C20H18FN5O3/c21-13-6-2-5-12-16(13)17(25-26-18(12)27)10-7-8-14-15(9-10)23-19(22-14)24-20(28)29-11-3-1-4-11/h2,5-9,11,20,28H,1,3-4H2,(H,26,27)(H2,22,23,24). The Labute approximate surface area is 163 Å². The molecule has 2 aromatic carbocycles. The van der Waals surface area contributed by atoms with Gasteiger partial charge in [0, 0.05) is 5.56 Å². The minimum absolute atomic E-state index is 0.0722. The Kier molecular flexibility index (Phi) is 4.26. The fourth-order valence-electron chi connectivity index (χ4n) is 3.45. The number of halogens is 1. The summed E-state index contributed by atoms with van der Waals surface area (Å²) in [5.74, 6) is -0.161. The van der Waals surface area contributed by atoms with Gasteiger partial charge in [0.05, 0.1) is 27.9 Å². The fourth-order valence-corrected chi connectivity index (χ4v) is 3.45. The third-order valence-corrected chi connectivity index (χ3v) is 5.15. The third kappa shape index (κ3) is 3.24. The average Bonchev–Trinajstić information content (AvgIpc) is 3.07. The Balaban J connectivity index is 1.50. The summed E-state index contributed by atoms with van der Waals surface area (Å²) < 4.78 is 19.9. The van der Waals surface area contributed by atoms with Gasteiger partial charge in [-0.05, 0) is 43.5 Å². The number of benzene rings is 2. The van der Waals surface area contributed by atoms with Crippen molar-refractivity contribution in [3.05, 3.63) is 52.6 Å². The molecule has 1 fully saturated rings. The molecule has 2 heterocycles. The lowest BCUT2D eigenvalue weighted by Crippen LogP contribution is -2.32. The van der Waals surface area contributed by atoms with Gasteiger partial charge in [-0.3, -0.25) is 4.79 Å². The SMILES string of the molecule is O=c1[nH]nc(-c2ccc3[nH]c(NC(O)OC4CCC4)nc3c2)c2c(F)cccc12. The van der Waals surface area contributed by atoms with Crippen LogP contribution in [0.3, 0.4) is 0 Å². The molecule has 4 aromatic rings. The number of rotatable bonds is 5. The summed E-state index contributed by atoms with van der Waals surface area (Å²) in [6.45, 7) is 0. The van der Waals surface area contributed by atoms with Crippen LogP contribution in [0, 0.1) is 5.82 Å². The van der Waals surface area contributed by atoms with Gasteiger partial charge in [0.25, 0.3) is 5.56 Å². The number of nitrogens with one attached hydrogen (secondary N) is 3. The number of nitrogens with zero attached hydrogens (tertiary/aromatic N) is 2. The highest BCUT2D eigenvalue weighted by Gasteiger charge is 2.22. The quantitative estimate of drug-likeness (QED) is 0.386.